The van der Waals surface area contributed by atoms with E-state index in [-0.39, 0.29) is 22.8 Å². The molecule has 5 nitrogen and oxygen atoms in total. The van der Waals surface area contributed by atoms with Gasteiger partial charge in [-0.1, -0.05) is 6.07 Å². The van der Waals surface area contributed by atoms with Crippen molar-refractivity contribution in [3.8, 4) is 5.69 Å². The van der Waals surface area contributed by atoms with Gasteiger partial charge in [-0.3, -0.25) is 9.59 Å². The second-order valence-corrected chi connectivity index (χ2v) is 6.95. The molecule has 3 aromatic rings. The number of hydrogen-bond donors (Lipinski definition) is 0. The number of carbonyl (C=O) groups is 2. The number of esters is 1. The summed E-state index contributed by atoms with van der Waals surface area (Å²) in [6, 6.07) is 10.8. The Balaban J connectivity index is 1.70. The maximum Gasteiger partial charge on any atom is 0.416 e. The number of fused-ring (bicyclic) bond motifs is 1. The summed E-state index contributed by atoms with van der Waals surface area (Å²) in [5, 5.41) is 0.245. The summed E-state index contributed by atoms with van der Waals surface area (Å²) in [6.45, 7) is 1.08. The van der Waals surface area contributed by atoms with Crippen molar-refractivity contribution in [2.75, 3.05) is 25.1 Å². The minimum atomic E-state index is -4.48. The molecule has 0 unspecified atom stereocenters. The number of carbonyl (C=O) groups excluding carboxylic acids is 2. The summed E-state index contributed by atoms with van der Waals surface area (Å²) < 4.78 is 45.6. The zero-order valence-corrected chi connectivity index (χ0v) is 15.4. The summed E-state index contributed by atoms with van der Waals surface area (Å²) >= 11 is 0. The number of hydrogen-bond acceptors (Lipinski definition) is 4. The smallest absolute Gasteiger partial charge is 0.416 e. The molecule has 0 bridgehead atoms. The van der Waals surface area contributed by atoms with E-state index in [1.54, 1.807) is 4.57 Å². The molecule has 8 heteroatoms. The Kier molecular flexibility index (Phi) is 4.56. The third-order valence-electron chi connectivity index (χ3n) is 5.18. The van der Waals surface area contributed by atoms with Crippen molar-refractivity contribution in [3.63, 3.8) is 0 Å². The van der Waals surface area contributed by atoms with Crippen LogP contribution in [0.1, 0.15) is 15.9 Å². The van der Waals surface area contributed by atoms with Gasteiger partial charge in [-0.05, 0) is 36.4 Å². The molecular formula is C21H17F3N2O3. The van der Waals surface area contributed by atoms with Crippen LogP contribution in [-0.2, 0) is 15.7 Å². The van der Waals surface area contributed by atoms with E-state index < -0.39 is 11.7 Å². The van der Waals surface area contributed by atoms with Crippen LogP contribution in [0.4, 0.5) is 18.9 Å². The lowest BCUT2D eigenvalue weighted by molar-refractivity contribution is -0.146. The van der Waals surface area contributed by atoms with Crippen molar-refractivity contribution in [1.29, 1.82) is 0 Å². The normalized spacial score (nSPS) is 14.7. The van der Waals surface area contributed by atoms with Gasteiger partial charge in [0.05, 0.1) is 24.1 Å². The van der Waals surface area contributed by atoms with Gasteiger partial charge in [0.15, 0.2) is 6.29 Å². The van der Waals surface area contributed by atoms with Gasteiger partial charge in [0, 0.05) is 41.6 Å². The lowest BCUT2D eigenvalue weighted by Crippen LogP contribution is -2.50. The van der Waals surface area contributed by atoms with Gasteiger partial charge >= 0.3 is 12.1 Å². The molecule has 2 heterocycles. The quantitative estimate of drug-likeness (QED) is 0.488. The average molecular weight is 402 g/mol. The second-order valence-electron chi connectivity index (χ2n) is 6.95. The fraction of sp³-hybridized carbons (Fsp3) is 0.238. The molecule has 29 heavy (non-hydrogen) atoms. The van der Waals surface area contributed by atoms with Crippen LogP contribution in [0.25, 0.3) is 16.6 Å². The highest BCUT2D eigenvalue weighted by Crippen LogP contribution is 2.34. The first-order valence-electron chi connectivity index (χ1n) is 8.92. The van der Waals surface area contributed by atoms with Crippen molar-refractivity contribution < 1.29 is 27.5 Å². The SMILES string of the molecule is COC(=O)C1CN(c2cccc(-n3cc(C=O)c4cc(C(F)(F)F)ccc43)c2)C1. The Hall–Kier alpha value is -3.29. The predicted molar refractivity (Wildman–Crippen MR) is 101 cm³/mol. The zero-order valence-electron chi connectivity index (χ0n) is 15.4. The first-order chi connectivity index (χ1) is 13.8. The van der Waals surface area contributed by atoms with Crippen LogP contribution in [0.15, 0.2) is 48.7 Å². The van der Waals surface area contributed by atoms with Gasteiger partial charge in [0.2, 0.25) is 0 Å². The van der Waals surface area contributed by atoms with Crippen molar-refractivity contribution in [2.24, 2.45) is 5.92 Å². The van der Waals surface area contributed by atoms with E-state index in [1.807, 2.05) is 29.2 Å². The second kappa shape index (κ2) is 6.95. The van der Waals surface area contributed by atoms with Gasteiger partial charge in [-0.2, -0.15) is 13.2 Å². The number of halogens is 3. The summed E-state index contributed by atoms with van der Waals surface area (Å²) in [7, 11) is 1.36. The van der Waals surface area contributed by atoms with Crippen molar-refractivity contribution in [1.82, 2.24) is 4.57 Å². The molecule has 0 saturated carbocycles. The largest absolute Gasteiger partial charge is 0.469 e. The Morgan fingerprint density at radius 1 is 1.14 bits per heavy atom. The van der Waals surface area contributed by atoms with E-state index >= 15 is 0 Å². The van der Waals surface area contributed by atoms with Crippen LogP contribution in [0.5, 0.6) is 0 Å². The number of alkyl halides is 3. The maximum atomic E-state index is 13.0. The number of aldehydes is 1. The van der Waals surface area contributed by atoms with E-state index in [0.29, 0.717) is 30.6 Å². The van der Waals surface area contributed by atoms with Crippen molar-refractivity contribution >= 4 is 28.8 Å². The maximum absolute atomic E-state index is 13.0. The molecule has 4 rings (SSSR count). The van der Waals surface area contributed by atoms with Crippen LogP contribution in [-0.4, -0.2) is 37.0 Å². The van der Waals surface area contributed by atoms with Crippen LogP contribution in [0.2, 0.25) is 0 Å². The highest BCUT2D eigenvalue weighted by molar-refractivity contribution is 5.99. The topological polar surface area (TPSA) is 51.5 Å². The third kappa shape index (κ3) is 3.35. The number of rotatable bonds is 4. The Labute approximate surface area is 164 Å². The summed E-state index contributed by atoms with van der Waals surface area (Å²) in [6.07, 6.45) is -2.40. The molecule has 2 aromatic carbocycles. The van der Waals surface area contributed by atoms with E-state index in [9.17, 15) is 22.8 Å². The molecular weight excluding hydrogens is 385 g/mol. The van der Waals surface area contributed by atoms with Crippen molar-refractivity contribution in [3.05, 3.63) is 59.8 Å². The lowest BCUT2D eigenvalue weighted by atomic mass is 9.99. The zero-order chi connectivity index (χ0) is 20.8. The third-order valence-corrected chi connectivity index (χ3v) is 5.18. The molecule has 0 spiro atoms. The number of benzene rings is 2. The molecule has 0 aliphatic carbocycles. The van der Waals surface area contributed by atoms with E-state index in [1.165, 1.54) is 19.4 Å². The van der Waals surface area contributed by atoms with Crippen LogP contribution in [0.3, 0.4) is 0 Å². The van der Waals surface area contributed by atoms with E-state index in [4.69, 9.17) is 4.74 Å². The van der Waals surface area contributed by atoms with Gasteiger partial charge < -0.3 is 14.2 Å². The number of methoxy groups -OCH3 is 1. The number of nitrogens with zero attached hydrogens (tertiary/aromatic N) is 2. The lowest BCUT2D eigenvalue weighted by Gasteiger charge is -2.39. The van der Waals surface area contributed by atoms with Crippen LogP contribution >= 0.6 is 0 Å². The Bertz CT molecular complexity index is 1100. The van der Waals surface area contributed by atoms with Crippen molar-refractivity contribution in [2.45, 2.75) is 6.18 Å². The molecule has 0 radical (unpaired) electrons. The van der Waals surface area contributed by atoms with Crippen LogP contribution in [0, 0.1) is 5.92 Å². The molecule has 1 aliphatic rings. The molecule has 1 fully saturated rings. The molecule has 150 valence electrons. The van der Waals surface area contributed by atoms with Crippen LogP contribution < -0.4 is 4.90 Å². The molecule has 0 amide bonds. The average Bonchev–Trinajstić information content (AvgIpc) is 3.04. The standard InChI is InChI=1S/C21H17F3N2O3/c1-29-20(28)13-9-25(10-13)16-3-2-4-17(8-16)26-11-14(12-27)18-7-15(21(22,23)24)5-6-19(18)26/h2-8,11-13H,9-10H2,1H3. The van der Waals surface area contributed by atoms with Gasteiger partial charge in [0.1, 0.15) is 0 Å². The minimum Gasteiger partial charge on any atom is -0.469 e. The van der Waals surface area contributed by atoms with E-state index in [2.05, 4.69) is 0 Å². The van der Waals surface area contributed by atoms with E-state index in [0.717, 1.165) is 17.8 Å². The number of aromatic nitrogens is 1. The fourth-order valence-corrected chi connectivity index (χ4v) is 3.58. The molecule has 1 saturated heterocycles. The molecule has 1 aliphatic heterocycles. The fourth-order valence-electron chi connectivity index (χ4n) is 3.58. The highest BCUT2D eigenvalue weighted by atomic mass is 19.4. The first kappa shape index (κ1) is 19.0. The van der Waals surface area contributed by atoms with Gasteiger partial charge in [-0.15, -0.1) is 0 Å². The Morgan fingerprint density at radius 3 is 2.52 bits per heavy atom. The van der Waals surface area contributed by atoms with Gasteiger partial charge in [0.25, 0.3) is 0 Å². The number of ether oxygens (including phenoxy) is 1. The predicted octanol–water partition coefficient (Wildman–Crippen LogP) is 4.07. The minimum absolute atomic E-state index is 0.168. The number of anilines is 1. The Morgan fingerprint density at radius 2 is 1.86 bits per heavy atom. The summed E-state index contributed by atoms with van der Waals surface area (Å²) in [4.78, 5) is 25.0. The first-order valence-corrected chi connectivity index (χ1v) is 8.92. The molecule has 0 N–H and O–H groups in total. The highest BCUT2D eigenvalue weighted by Gasteiger charge is 2.34. The summed E-state index contributed by atoms with van der Waals surface area (Å²) in [5.74, 6) is -0.413. The molecule has 0 atom stereocenters. The summed E-state index contributed by atoms with van der Waals surface area (Å²) in [5.41, 5.74) is 1.49. The van der Waals surface area contributed by atoms with Gasteiger partial charge in [-0.25, -0.2) is 0 Å². The monoisotopic (exact) mass is 402 g/mol. The molecule has 1 aromatic heterocycles.